The second-order valence-electron chi connectivity index (χ2n) is 3.54. The van der Waals surface area contributed by atoms with Crippen LogP contribution in [-0.2, 0) is 4.79 Å². The summed E-state index contributed by atoms with van der Waals surface area (Å²) in [5, 5.41) is 8.87. The van der Waals surface area contributed by atoms with Gasteiger partial charge in [0.1, 0.15) is 6.33 Å². The first kappa shape index (κ1) is 14.0. The molecule has 0 aliphatic rings. The fourth-order valence-electron chi connectivity index (χ4n) is 1.41. The molecule has 0 bridgehead atoms. The van der Waals surface area contributed by atoms with Crippen LogP contribution in [0.15, 0.2) is 6.33 Å². The highest BCUT2D eigenvalue weighted by Gasteiger charge is 2.10. The zero-order valence-corrected chi connectivity index (χ0v) is 10.9. The number of anilines is 2. The van der Waals surface area contributed by atoms with Crippen molar-refractivity contribution < 1.29 is 9.53 Å². The molecule has 1 rings (SSSR count). The molecule has 7 heteroatoms. The first-order valence-corrected chi connectivity index (χ1v) is 5.80. The van der Waals surface area contributed by atoms with Gasteiger partial charge in [0, 0.05) is 26.6 Å². The lowest BCUT2D eigenvalue weighted by Crippen LogP contribution is -2.26. The summed E-state index contributed by atoms with van der Waals surface area (Å²) in [6.45, 7) is 5.30. The van der Waals surface area contributed by atoms with Crippen molar-refractivity contribution in [3.8, 4) is 5.75 Å². The van der Waals surface area contributed by atoms with Crippen molar-refractivity contribution in [2.24, 2.45) is 0 Å². The van der Waals surface area contributed by atoms with Gasteiger partial charge in [-0.2, -0.15) is 0 Å². The van der Waals surface area contributed by atoms with Gasteiger partial charge >= 0.3 is 0 Å². The lowest BCUT2D eigenvalue weighted by atomic mass is 10.4. The third-order valence-electron chi connectivity index (χ3n) is 2.14. The van der Waals surface area contributed by atoms with Gasteiger partial charge in [0.05, 0.1) is 7.11 Å². The Bertz CT molecular complexity index is 397. The molecular weight excluding hydrogens is 234 g/mol. The molecule has 0 aromatic carbocycles. The van der Waals surface area contributed by atoms with E-state index >= 15 is 0 Å². The number of rotatable bonds is 7. The smallest absolute Gasteiger partial charge is 0.216 e. The number of methoxy groups -OCH3 is 1. The van der Waals surface area contributed by atoms with Gasteiger partial charge in [-0.15, -0.1) is 0 Å². The van der Waals surface area contributed by atoms with Crippen LogP contribution in [0.1, 0.15) is 13.8 Å². The highest BCUT2D eigenvalue weighted by molar-refractivity contribution is 5.72. The first-order chi connectivity index (χ1) is 8.69. The second-order valence-corrected chi connectivity index (χ2v) is 3.54. The number of nitrogens with zero attached hydrogens (tertiary/aromatic N) is 2. The molecule has 18 heavy (non-hydrogen) atoms. The zero-order valence-electron chi connectivity index (χ0n) is 10.9. The number of ether oxygens (including phenoxy) is 1. The van der Waals surface area contributed by atoms with E-state index < -0.39 is 0 Å². The quantitative estimate of drug-likeness (QED) is 0.612. The van der Waals surface area contributed by atoms with Crippen molar-refractivity contribution >= 4 is 17.5 Å². The Hall–Kier alpha value is -2.05. The average Bonchev–Trinajstić information content (AvgIpc) is 2.35. The predicted octanol–water partition coefficient (Wildman–Crippen LogP) is 0.465. The van der Waals surface area contributed by atoms with Gasteiger partial charge in [0.15, 0.2) is 11.6 Å². The van der Waals surface area contributed by atoms with Gasteiger partial charge in [0.25, 0.3) is 0 Å². The van der Waals surface area contributed by atoms with Gasteiger partial charge in [-0.05, 0) is 6.92 Å². The Morgan fingerprint density at radius 2 is 1.94 bits per heavy atom. The lowest BCUT2D eigenvalue weighted by Gasteiger charge is -2.13. The second kappa shape index (κ2) is 7.31. The molecule has 1 aromatic heterocycles. The maximum atomic E-state index is 10.7. The molecule has 0 spiro atoms. The monoisotopic (exact) mass is 253 g/mol. The largest absolute Gasteiger partial charge is 0.490 e. The molecule has 0 atom stereocenters. The van der Waals surface area contributed by atoms with Crippen LogP contribution in [-0.4, -0.2) is 42.6 Å². The van der Waals surface area contributed by atoms with Crippen molar-refractivity contribution in [3.63, 3.8) is 0 Å². The van der Waals surface area contributed by atoms with E-state index in [0.717, 1.165) is 6.54 Å². The van der Waals surface area contributed by atoms with Crippen molar-refractivity contribution in [3.05, 3.63) is 6.33 Å². The Balaban J connectivity index is 2.63. The third-order valence-corrected chi connectivity index (χ3v) is 2.14. The highest BCUT2D eigenvalue weighted by Crippen LogP contribution is 2.28. The first-order valence-electron chi connectivity index (χ1n) is 5.80. The molecule has 0 aliphatic carbocycles. The SMILES string of the molecule is CCNc1ncnc(NCCNC(C)=O)c1OC. The summed E-state index contributed by atoms with van der Waals surface area (Å²) in [6, 6.07) is 0. The number of amides is 1. The number of aromatic nitrogens is 2. The van der Waals surface area contributed by atoms with E-state index in [4.69, 9.17) is 4.74 Å². The summed E-state index contributed by atoms with van der Waals surface area (Å²) >= 11 is 0. The predicted molar refractivity (Wildman–Crippen MR) is 69.9 cm³/mol. The van der Waals surface area contributed by atoms with Gasteiger partial charge < -0.3 is 20.7 Å². The van der Waals surface area contributed by atoms with E-state index in [1.807, 2.05) is 6.92 Å². The average molecular weight is 253 g/mol. The third kappa shape index (κ3) is 4.08. The van der Waals surface area contributed by atoms with Crippen LogP contribution in [0.5, 0.6) is 5.75 Å². The molecule has 0 saturated carbocycles. The Labute approximate surface area is 106 Å². The molecule has 1 aromatic rings. The lowest BCUT2D eigenvalue weighted by molar-refractivity contribution is -0.118. The van der Waals surface area contributed by atoms with E-state index in [0.29, 0.717) is 30.5 Å². The van der Waals surface area contributed by atoms with Crippen LogP contribution in [0.4, 0.5) is 11.6 Å². The Kier molecular flexibility index (Phi) is 5.69. The zero-order chi connectivity index (χ0) is 13.4. The summed E-state index contributed by atoms with van der Waals surface area (Å²) < 4.78 is 5.27. The van der Waals surface area contributed by atoms with E-state index in [1.165, 1.54) is 13.3 Å². The summed E-state index contributed by atoms with van der Waals surface area (Å²) in [4.78, 5) is 18.9. The van der Waals surface area contributed by atoms with Crippen LogP contribution >= 0.6 is 0 Å². The summed E-state index contributed by atoms with van der Waals surface area (Å²) in [7, 11) is 1.57. The Morgan fingerprint density at radius 1 is 1.28 bits per heavy atom. The normalized spacial score (nSPS) is 9.72. The fraction of sp³-hybridized carbons (Fsp3) is 0.545. The summed E-state index contributed by atoms with van der Waals surface area (Å²) in [6.07, 6.45) is 1.46. The molecule has 1 heterocycles. The van der Waals surface area contributed by atoms with Gasteiger partial charge in [-0.1, -0.05) is 0 Å². The molecule has 7 nitrogen and oxygen atoms in total. The fourth-order valence-corrected chi connectivity index (χ4v) is 1.41. The minimum Gasteiger partial charge on any atom is -0.490 e. The van der Waals surface area contributed by atoms with E-state index in [-0.39, 0.29) is 5.91 Å². The molecule has 0 unspecified atom stereocenters. The minimum absolute atomic E-state index is 0.0557. The minimum atomic E-state index is -0.0557. The molecule has 0 radical (unpaired) electrons. The molecule has 0 aliphatic heterocycles. The van der Waals surface area contributed by atoms with Crippen molar-refractivity contribution in [2.45, 2.75) is 13.8 Å². The van der Waals surface area contributed by atoms with Crippen LogP contribution in [0.3, 0.4) is 0 Å². The molecular formula is C11H19N5O2. The molecule has 1 amide bonds. The van der Waals surface area contributed by atoms with Crippen LogP contribution in [0, 0.1) is 0 Å². The maximum absolute atomic E-state index is 10.7. The number of nitrogens with one attached hydrogen (secondary N) is 3. The van der Waals surface area contributed by atoms with Crippen LogP contribution < -0.4 is 20.7 Å². The van der Waals surface area contributed by atoms with Crippen molar-refractivity contribution in [1.29, 1.82) is 0 Å². The molecule has 3 N–H and O–H groups in total. The van der Waals surface area contributed by atoms with Crippen molar-refractivity contribution in [1.82, 2.24) is 15.3 Å². The Morgan fingerprint density at radius 3 is 2.50 bits per heavy atom. The highest BCUT2D eigenvalue weighted by atomic mass is 16.5. The van der Waals surface area contributed by atoms with Crippen LogP contribution in [0.25, 0.3) is 0 Å². The van der Waals surface area contributed by atoms with Gasteiger partial charge in [-0.25, -0.2) is 9.97 Å². The summed E-state index contributed by atoms with van der Waals surface area (Å²) in [5.74, 6) is 1.77. The van der Waals surface area contributed by atoms with Gasteiger partial charge in [0.2, 0.25) is 11.7 Å². The van der Waals surface area contributed by atoms with Crippen LogP contribution in [0.2, 0.25) is 0 Å². The topological polar surface area (TPSA) is 88.2 Å². The van der Waals surface area contributed by atoms with E-state index in [2.05, 4.69) is 25.9 Å². The number of hydrogen-bond donors (Lipinski definition) is 3. The molecule has 0 fully saturated rings. The van der Waals surface area contributed by atoms with E-state index in [1.54, 1.807) is 7.11 Å². The number of carbonyl (C=O) groups is 1. The molecule has 100 valence electrons. The standard InChI is InChI=1S/C11H19N5O2/c1-4-12-10-9(18-3)11(16-7-15-10)14-6-5-13-8(2)17/h7H,4-6H2,1-3H3,(H,13,17)(H2,12,14,15,16). The van der Waals surface area contributed by atoms with Gasteiger partial charge in [-0.3, -0.25) is 4.79 Å². The maximum Gasteiger partial charge on any atom is 0.216 e. The molecule has 0 saturated heterocycles. The summed E-state index contributed by atoms with van der Waals surface area (Å²) in [5.41, 5.74) is 0. The van der Waals surface area contributed by atoms with E-state index in [9.17, 15) is 4.79 Å². The number of hydrogen-bond acceptors (Lipinski definition) is 6. The van der Waals surface area contributed by atoms with Crippen molar-refractivity contribution in [2.75, 3.05) is 37.4 Å². The number of carbonyl (C=O) groups excluding carboxylic acids is 1.